The third-order valence-corrected chi connectivity index (χ3v) is 3.06. The highest BCUT2D eigenvalue weighted by Crippen LogP contribution is 2.24. The van der Waals surface area contributed by atoms with E-state index in [-0.39, 0.29) is 22.2 Å². The van der Waals surface area contributed by atoms with E-state index in [0.717, 1.165) is 0 Å². The smallest absolute Gasteiger partial charge is 0.269 e. The number of ketones is 1. The predicted molar refractivity (Wildman–Crippen MR) is 79.6 cm³/mol. The van der Waals surface area contributed by atoms with Gasteiger partial charge in [-0.15, -0.1) is 0 Å². The molecule has 0 aliphatic heterocycles. The Morgan fingerprint density at radius 2 is 1.86 bits per heavy atom. The van der Waals surface area contributed by atoms with Gasteiger partial charge >= 0.3 is 0 Å². The van der Waals surface area contributed by atoms with Gasteiger partial charge in [0, 0.05) is 17.7 Å². The van der Waals surface area contributed by atoms with E-state index in [1.165, 1.54) is 42.5 Å². The number of phenols is 1. The summed E-state index contributed by atoms with van der Waals surface area (Å²) in [7, 11) is 0. The second-order valence-corrected chi connectivity index (χ2v) is 4.62. The molecule has 0 saturated carbocycles. The first-order chi connectivity index (χ1) is 9.97. The molecule has 2 aromatic carbocycles. The van der Waals surface area contributed by atoms with Crippen LogP contribution in [0.1, 0.15) is 15.9 Å². The summed E-state index contributed by atoms with van der Waals surface area (Å²) in [6, 6.07) is 9.91. The number of hydrogen-bond acceptors (Lipinski definition) is 4. The summed E-state index contributed by atoms with van der Waals surface area (Å²) in [5.41, 5.74) is 0.940. The minimum Gasteiger partial charge on any atom is -0.506 e. The molecule has 0 heterocycles. The fourth-order valence-electron chi connectivity index (χ4n) is 1.64. The lowest BCUT2D eigenvalue weighted by molar-refractivity contribution is -0.384. The number of halogens is 1. The van der Waals surface area contributed by atoms with E-state index in [1.54, 1.807) is 12.1 Å². The number of allylic oxidation sites excluding steroid dienone is 1. The van der Waals surface area contributed by atoms with Gasteiger partial charge in [0.25, 0.3) is 5.69 Å². The first-order valence-electron chi connectivity index (χ1n) is 5.93. The molecule has 0 aliphatic carbocycles. The Morgan fingerprint density at radius 1 is 1.19 bits per heavy atom. The topological polar surface area (TPSA) is 80.4 Å². The number of carbonyl (C=O) groups is 1. The molecule has 0 aromatic heterocycles. The number of nitro benzene ring substituents is 1. The maximum Gasteiger partial charge on any atom is 0.269 e. The summed E-state index contributed by atoms with van der Waals surface area (Å²) >= 11 is 5.76. The van der Waals surface area contributed by atoms with Gasteiger partial charge in [-0.1, -0.05) is 23.7 Å². The largest absolute Gasteiger partial charge is 0.506 e. The minimum absolute atomic E-state index is 0.0319. The normalized spacial score (nSPS) is 10.7. The summed E-state index contributed by atoms with van der Waals surface area (Å²) in [5.74, 6) is -0.315. The lowest BCUT2D eigenvalue weighted by Gasteiger charge is -1.98. The molecule has 0 unspecified atom stereocenters. The predicted octanol–water partition coefficient (Wildman–Crippen LogP) is 3.85. The van der Waals surface area contributed by atoms with Gasteiger partial charge in [-0.3, -0.25) is 14.9 Å². The fraction of sp³-hybridized carbons (Fsp3) is 0. The van der Waals surface area contributed by atoms with Crippen LogP contribution in [0.4, 0.5) is 5.69 Å². The minimum atomic E-state index is -0.525. The lowest BCUT2D eigenvalue weighted by Crippen LogP contribution is -1.95. The van der Waals surface area contributed by atoms with Crippen molar-refractivity contribution in [2.75, 3.05) is 0 Å². The highest BCUT2D eigenvalue weighted by molar-refractivity contribution is 6.32. The Balaban J connectivity index is 2.14. The van der Waals surface area contributed by atoms with Crippen LogP contribution in [0.2, 0.25) is 5.02 Å². The van der Waals surface area contributed by atoms with Gasteiger partial charge in [0.05, 0.1) is 9.95 Å². The van der Waals surface area contributed by atoms with Crippen LogP contribution >= 0.6 is 11.6 Å². The third-order valence-electron chi connectivity index (χ3n) is 2.76. The molecule has 0 radical (unpaired) electrons. The first kappa shape index (κ1) is 14.7. The summed E-state index contributed by atoms with van der Waals surface area (Å²) in [6.45, 7) is 0. The van der Waals surface area contributed by atoms with E-state index in [9.17, 15) is 20.0 Å². The second-order valence-electron chi connectivity index (χ2n) is 4.21. The van der Waals surface area contributed by atoms with Gasteiger partial charge < -0.3 is 5.11 Å². The number of non-ortho nitro benzene ring substituents is 1. The number of benzene rings is 2. The lowest BCUT2D eigenvalue weighted by atomic mass is 10.1. The second kappa shape index (κ2) is 6.19. The Bertz CT molecular complexity index is 723. The van der Waals surface area contributed by atoms with Crippen LogP contribution in [0.3, 0.4) is 0 Å². The molecule has 0 aliphatic rings. The molecule has 0 fully saturated rings. The molecule has 0 spiro atoms. The van der Waals surface area contributed by atoms with E-state index in [4.69, 9.17) is 11.6 Å². The van der Waals surface area contributed by atoms with Crippen LogP contribution < -0.4 is 0 Å². The Kier molecular flexibility index (Phi) is 4.35. The molecule has 0 amide bonds. The molecule has 1 N–H and O–H groups in total. The summed E-state index contributed by atoms with van der Waals surface area (Å²) < 4.78 is 0. The van der Waals surface area contributed by atoms with Crippen LogP contribution in [-0.2, 0) is 0 Å². The van der Waals surface area contributed by atoms with Gasteiger partial charge in [-0.05, 0) is 35.9 Å². The van der Waals surface area contributed by atoms with Crippen molar-refractivity contribution in [3.63, 3.8) is 0 Å². The zero-order chi connectivity index (χ0) is 15.4. The van der Waals surface area contributed by atoms with Crippen molar-refractivity contribution in [1.29, 1.82) is 0 Å². The molecule has 0 bridgehead atoms. The van der Waals surface area contributed by atoms with Crippen molar-refractivity contribution >= 4 is 29.1 Å². The highest BCUT2D eigenvalue weighted by atomic mass is 35.5. The molecule has 0 atom stereocenters. The van der Waals surface area contributed by atoms with E-state index < -0.39 is 4.92 Å². The standard InChI is InChI=1S/C15H10ClNO4/c16-13-9-10(2-8-15(13)19)1-7-14(18)11-3-5-12(6-4-11)17(20)21/h1-9,19H/b7-1+. The maximum atomic E-state index is 11.9. The van der Waals surface area contributed by atoms with Crippen molar-refractivity contribution in [3.05, 3.63) is 74.8 Å². The Morgan fingerprint density at radius 3 is 2.43 bits per heavy atom. The van der Waals surface area contributed by atoms with Gasteiger partial charge in [-0.2, -0.15) is 0 Å². The van der Waals surface area contributed by atoms with Crippen LogP contribution in [0.5, 0.6) is 5.75 Å². The van der Waals surface area contributed by atoms with Crippen molar-refractivity contribution < 1.29 is 14.8 Å². The van der Waals surface area contributed by atoms with Gasteiger partial charge in [0.1, 0.15) is 5.75 Å². The Labute approximate surface area is 125 Å². The molecule has 6 heteroatoms. The molecule has 2 rings (SSSR count). The molecule has 5 nitrogen and oxygen atoms in total. The Hall–Kier alpha value is -2.66. The van der Waals surface area contributed by atoms with E-state index in [2.05, 4.69) is 0 Å². The number of hydrogen-bond donors (Lipinski definition) is 1. The zero-order valence-electron chi connectivity index (χ0n) is 10.7. The molecular weight excluding hydrogens is 294 g/mol. The highest BCUT2D eigenvalue weighted by Gasteiger charge is 2.07. The van der Waals surface area contributed by atoms with Crippen LogP contribution in [-0.4, -0.2) is 15.8 Å². The fourth-order valence-corrected chi connectivity index (χ4v) is 1.83. The van der Waals surface area contributed by atoms with Crippen molar-refractivity contribution in [1.82, 2.24) is 0 Å². The van der Waals surface area contributed by atoms with E-state index in [1.807, 2.05) is 0 Å². The maximum absolute atomic E-state index is 11.9. The third kappa shape index (κ3) is 3.67. The molecule has 0 saturated heterocycles. The van der Waals surface area contributed by atoms with Crippen LogP contribution in [0.15, 0.2) is 48.5 Å². The average Bonchev–Trinajstić information content (AvgIpc) is 2.48. The van der Waals surface area contributed by atoms with Crippen molar-refractivity contribution in [2.45, 2.75) is 0 Å². The number of nitrogens with zero attached hydrogens (tertiary/aromatic N) is 1. The number of aromatic hydroxyl groups is 1. The number of phenolic OH excluding ortho intramolecular Hbond substituents is 1. The molecule has 21 heavy (non-hydrogen) atoms. The number of rotatable bonds is 4. The van der Waals surface area contributed by atoms with Crippen LogP contribution in [0, 0.1) is 10.1 Å². The van der Waals surface area contributed by atoms with E-state index >= 15 is 0 Å². The average molecular weight is 304 g/mol. The molecular formula is C15H10ClNO4. The number of carbonyl (C=O) groups excluding carboxylic acids is 1. The van der Waals surface area contributed by atoms with Gasteiger partial charge in [-0.25, -0.2) is 0 Å². The summed E-state index contributed by atoms with van der Waals surface area (Å²) in [4.78, 5) is 21.9. The molecule has 2 aromatic rings. The monoisotopic (exact) mass is 303 g/mol. The molecule has 106 valence electrons. The van der Waals surface area contributed by atoms with E-state index in [0.29, 0.717) is 11.1 Å². The summed E-state index contributed by atoms with van der Waals surface area (Å²) in [6.07, 6.45) is 2.89. The first-order valence-corrected chi connectivity index (χ1v) is 6.30. The van der Waals surface area contributed by atoms with Crippen LogP contribution in [0.25, 0.3) is 6.08 Å². The van der Waals surface area contributed by atoms with Gasteiger partial charge in [0.2, 0.25) is 0 Å². The van der Waals surface area contributed by atoms with Gasteiger partial charge in [0.15, 0.2) is 5.78 Å². The van der Waals surface area contributed by atoms with Crippen molar-refractivity contribution in [3.8, 4) is 5.75 Å². The number of nitro groups is 1. The van der Waals surface area contributed by atoms with Crippen molar-refractivity contribution in [2.24, 2.45) is 0 Å². The quantitative estimate of drug-likeness (QED) is 0.402. The zero-order valence-corrected chi connectivity index (χ0v) is 11.4. The SMILES string of the molecule is O=C(/C=C/c1ccc(O)c(Cl)c1)c1ccc([N+](=O)[O-])cc1. The summed E-state index contributed by atoms with van der Waals surface area (Å²) in [5, 5.41) is 20.0.